The van der Waals surface area contributed by atoms with Crippen LogP contribution in [0.1, 0.15) is 0 Å². The number of anilines is 1. The number of hydrogen-bond acceptors (Lipinski definition) is 5. The molecule has 6 heteroatoms. The Balaban J connectivity index is 2.10. The van der Waals surface area contributed by atoms with Gasteiger partial charge >= 0.3 is 0 Å². The Hall–Kier alpha value is -4.08. The van der Waals surface area contributed by atoms with Gasteiger partial charge in [-0.1, -0.05) is 36.4 Å². The molecule has 0 unspecified atom stereocenters. The summed E-state index contributed by atoms with van der Waals surface area (Å²) in [4.78, 5) is 7.79. The quantitative estimate of drug-likeness (QED) is 0.719. The predicted octanol–water partition coefficient (Wildman–Crippen LogP) is 3.47. The van der Waals surface area contributed by atoms with Crippen molar-refractivity contribution in [3.63, 3.8) is 0 Å². The Morgan fingerprint density at radius 3 is 2.33 bits per heavy atom. The highest BCUT2D eigenvalue weighted by molar-refractivity contribution is 5.91. The molecule has 0 aliphatic rings. The number of benzene rings is 2. The number of para-hydroxylation sites is 1. The highest BCUT2D eigenvalue weighted by Gasteiger charge is 2.12. The molecule has 0 saturated heterocycles. The standard InChI is InChI=1S/C18H10N6/c19-9-13(10-20)16(11-21)22-14-7-4-8-15-17(14)24-18(23-15)12-5-2-1-3-6-12/h1-8,22H,(H,23,24). The summed E-state index contributed by atoms with van der Waals surface area (Å²) in [5.41, 5.74) is 2.52. The van der Waals surface area contributed by atoms with Gasteiger partial charge in [-0.15, -0.1) is 0 Å². The third-order valence-electron chi connectivity index (χ3n) is 3.41. The monoisotopic (exact) mass is 310 g/mol. The maximum Gasteiger partial charge on any atom is 0.163 e. The number of H-pyrrole nitrogens is 1. The summed E-state index contributed by atoms with van der Waals surface area (Å²) < 4.78 is 0. The first kappa shape index (κ1) is 14.8. The molecule has 1 aromatic heterocycles. The molecule has 0 fully saturated rings. The summed E-state index contributed by atoms with van der Waals surface area (Å²) in [6.45, 7) is 0. The molecule has 0 saturated carbocycles. The number of imidazole rings is 1. The molecule has 2 N–H and O–H groups in total. The number of fused-ring (bicyclic) bond motifs is 1. The van der Waals surface area contributed by atoms with Crippen LogP contribution in [-0.2, 0) is 0 Å². The number of aromatic amines is 1. The maximum absolute atomic E-state index is 9.17. The molecule has 6 nitrogen and oxygen atoms in total. The fraction of sp³-hybridized carbons (Fsp3) is 0. The molecule has 3 aromatic rings. The average Bonchev–Trinajstić information content (AvgIpc) is 3.07. The van der Waals surface area contributed by atoms with E-state index in [-0.39, 0.29) is 11.3 Å². The minimum atomic E-state index is -0.270. The molecule has 112 valence electrons. The summed E-state index contributed by atoms with van der Waals surface area (Å²) >= 11 is 0. The van der Waals surface area contributed by atoms with E-state index >= 15 is 0 Å². The predicted molar refractivity (Wildman–Crippen MR) is 89.0 cm³/mol. The van der Waals surface area contributed by atoms with Gasteiger partial charge in [-0.3, -0.25) is 0 Å². The van der Waals surface area contributed by atoms with E-state index in [9.17, 15) is 5.26 Å². The lowest BCUT2D eigenvalue weighted by atomic mass is 10.2. The lowest BCUT2D eigenvalue weighted by Gasteiger charge is -2.04. The number of nitriles is 3. The highest BCUT2D eigenvalue weighted by atomic mass is 15.0. The van der Waals surface area contributed by atoms with E-state index in [1.54, 1.807) is 24.3 Å². The van der Waals surface area contributed by atoms with Crippen molar-refractivity contribution in [1.29, 1.82) is 15.8 Å². The van der Waals surface area contributed by atoms with Crippen LogP contribution in [0.2, 0.25) is 0 Å². The van der Waals surface area contributed by atoms with E-state index in [2.05, 4.69) is 15.3 Å². The van der Waals surface area contributed by atoms with Crippen LogP contribution >= 0.6 is 0 Å². The van der Waals surface area contributed by atoms with Gasteiger partial charge in [0.1, 0.15) is 35.2 Å². The fourth-order valence-electron chi connectivity index (χ4n) is 2.28. The zero-order chi connectivity index (χ0) is 16.9. The molecule has 0 bridgehead atoms. The Bertz CT molecular complexity index is 1040. The molecule has 24 heavy (non-hydrogen) atoms. The van der Waals surface area contributed by atoms with Gasteiger partial charge < -0.3 is 10.3 Å². The second-order valence-electron chi connectivity index (χ2n) is 4.86. The third-order valence-corrected chi connectivity index (χ3v) is 3.41. The smallest absolute Gasteiger partial charge is 0.163 e. The highest BCUT2D eigenvalue weighted by Crippen LogP contribution is 2.26. The van der Waals surface area contributed by atoms with E-state index in [0.29, 0.717) is 17.0 Å². The zero-order valence-corrected chi connectivity index (χ0v) is 12.4. The average molecular weight is 310 g/mol. The molecule has 3 rings (SSSR count). The van der Waals surface area contributed by atoms with Gasteiger partial charge in [0.25, 0.3) is 0 Å². The molecule has 0 atom stereocenters. The molecule has 0 spiro atoms. The minimum Gasteiger partial charge on any atom is -0.343 e. The second kappa shape index (κ2) is 6.36. The molecule has 0 aliphatic carbocycles. The topological polar surface area (TPSA) is 112 Å². The third kappa shape index (κ3) is 2.66. The van der Waals surface area contributed by atoms with Crippen molar-refractivity contribution in [3.05, 3.63) is 59.8 Å². The number of hydrogen-bond donors (Lipinski definition) is 2. The number of nitrogens with one attached hydrogen (secondary N) is 2. The number of allylic oxidation sites excluding steroid dienone is 2. The van der Waals surface area contributed by atoms with Crippen LogP contribution in [0.4, 0.5) is 5.69 Å². The molecule has 1 heterocycles. The van der Waals surface area contributed by atoms with Crippen LogP contribution in [0.15, 0.2) is 59.8 Å². The Labute approximate surface area is 137 Å². The minimum absolute atomic E-state index is 0.100. The number of aromatic nitrogens is 2. The maximum atomic E-state index is 9.17. The summed E-state index contributed by atoms with van der Waals surface area (Å²) in [6.07, 6.45) is 0. The molecule has 2 aromatic carbocycles. The zero-order valence-electron chi connectivity index (χ0n) is 12.4. The first-order chi connectivity index (χ1) is 11.8. The van der Waals surface area contributed by atoms with Crippen LogP contribution < -0.4 is 5.32 Å². The van der Waals surface area contributed by atoms with Crippen LogP contribution in [0.5, 0.6) is 0 Å². The van der Waals surface area contributed by atoms with Crippen LogP contribution in [0.25, 0.3) is 22.4 Å². The van der Waals surface area contributed by atoms with Crippen LogP contribution in [0.3, 0.4) is 0 Å². The van der Waals surface area contributed by atoms with Gasteiger partial charge in [-0.2, -0.15) is 15.8 Å². The summed E-state index contributed by atoms with van der Waals surface area (Å²) in [5.74, 6) is 0.697. The molecule has 0 radical (unpaired) electrons. The summed E-state index contributed by atoms with van der Waals surface area (Å²) in [6, 6.07) is 20.3. The first-order valence-corrected chi connectivity index (χ1v) is 7.02. The number of nitrogens with zero attached hydrogens (tertiary/aromatic N) is 4. The number of rotatable bonds is 3. The van der Waals surface area contributed by atoms with Gasteiger partial charge in [-0.05, 0) is 12.1 Å². The van der Waals surface area contributed by atoms with Crippen LogP contribution in [0, 0.1) is 34.0 Å². The van der Waals surface area contributed by atoms with Gasteiger partial charge in [0.15, 0.2) is 5.57 Å². The Kier molecular flexibility index (Phi) is 3.93. The van der Waals surface area contributed by atoms with E-state index in [1.165, 1.54) is 0 Å². The van der Waals surface area contributed by atoms with Gasteiger partial charge in [0, 0.05) is 5.56 Å². The van der Waals surface area contributed by atoms with Crippen molar-refractivity contribution in [3.8, 4) is 29.6 Å². The normalized spacial score (nSPS) is 9.54. The van der Waals surface area contributed by atoms with E-state index in [1.807, 2.05) is 42.5 Å². The van der Waals surface area contributed by atoms with E-state index in [4.69, 9.17) is 10.5 Å². The Morgan fingerprint density at radius 2 is 1.67 bits per heavy atom. The van der Waals surface area contributed by atoms with E-state index < -0.39 is 0 Å². The molecular formula is C18H10N6. The van der Waals surface area contributed by atoms with Crippen molar-refractivity contribution < 1.29 is 0 Å². The van der Waals surface area contributed by atoms with Crippen molar-refractivity contribution in [2.24, 2.45) is 0 Å². The summed E-state index contributed by atoms with van der Waals surface area (Å²) in [7, 11) is 0. The van der Waals surface area contributed by atoms with Gasteiger partial charge in [0.2, 0.25) is 0 Å². The van der Waals surface area contributed by atoms with Gasteiger partial charge in [-0.25, -0.2) is 4.98 Å². The SMILES string of the molecule is N#CC(C#N)=C(C#N)Nc1cccc2[nH]c(-c3ccccc3)nc12. The van der Waals surface area contributed by atoms with E-state index in [0.717, 1.165) is 11.1 Å². The van der Waals surface area contributed by atoms with Crippen LogP contribution in [-0.4, -0.2) is 9.97 Å². The van der Waals surface area contributed by atoms with Crippen molar-refractivity contribution >= 4 is 16.7 Å². The first-order valence-electron chi connectivity index (χ1n) is 7.02. The fourth-order valence-corrected chi connectivity index (χ4v) is 2.28. The van der Waals surface area contributed by atoms with Gasteiger partial charge in [0.05, 0.1) is 11.2 Å². The molecular weight excluding hydrogens is 300 g/mol. The molecule has 0 amide bonds. The largest absolute Gasteiger partial charge is 0.343 e. The van der Waals surface area contributed by atoms with Crippen molar-refractivity contribution in [1.82, 2.24) is 9.97 Å². The lowest BCUT2D eigenvalue weighted by Crippen LogP contribution is -2.01. The van der Waals surface area contributed by atoms with Crippen molar-refractivity contribution in [2.75, 3.05) is 5.32 Å². The van der Waals surface area contributed by atoms with Crippen molar-refractivity contribution in [2.45, 2.75) is 0 Å². The lowest BCUT2D eigenvalue weighted by molar-refractivity contribution is 1.33. The molecule has 0 aliphatic heterocycles. The Morgan fingerprint density at radius 1 is 0.917 bits per heavy atom. The summed E-state index contributed by atoms with van der Waals surface area (Å²) in [5, 5.41) is 29.9. The second-order valence-corrected chi connectivity index (χ2v) is 4.86.